The zero-order valence-electron chi connectivity index (χ0n) is 28.8. The summed E-state index contributed by atoms with van der Waals surface area (Å²) in [5.41, 5.74) is 4.21. The number of hydrogen-bond donors (Lipinski definition) is 1. The molecule has 0 spiro atoms. The van der Waals surface area contributed by atoms with Crippen molar-refractivity contribution in [2.45, 2.75) is 81.6 Å². The van der Waals surface area contributed by atoms with Crippen LogP contribution in [0.25, 0.3) is 22.2 Å². The Balaban J connectivity index is 1.27. The first-order valence-corrected chi connectivity index (χ1v) is 19.5. The number of nitrogens with one attached hydrogen (secondary N) is 1. The number of methoxy groups -OCH3 is 1. The summed E-state index contributed by atoms with van der Waals surface area (Å²) >= 11 is 0. The van der Waals surface area contributed by atoms with Gasteiger partial charge in [0, 0.05) is 47.6 Å². The first-order valence-electron chi connectivity index (χ1n) is 17.8. The van der Waals surface area contributed by atoms with Gasteiger partial charge in [0.1, 0.15) is 5.75 Å². The Morgan fingerprint density at radius 2 is 1.76 bits per heavy atom. The highest BCUT2D eigenvalue weighted by atomic mass is 32.2. The first kappa shape index (κ1) is 34.5. The molecule has 1 aromatic heterocycles. The third-order valence-electron chi connectivity index (χ3n) is 11.8. The molecule has 4 atom stereocenters. The summed E-state index contributed by atoms with van der Waals surface area (Å²) in [6, 6.07) is 11.0. The Bertz CT molecular complexity index is 1990. The van der Waals surface area contributed by atoms with Gasteiger partial charge in [-0.15, -0.1) is 0 Å². The maximum absolute atomic E-state index is 15.1. The van der Waals surface area contributed by atoms with Crippen LogP contribution < -0.4 is 9.46 Å². The number of aromatic nitrogens is 1. The molecule has 4 fully saturated rings. The molecule has 14 heteroatoms. The number of amides is 2. The van der Waals surface area contributed by atoms with E-state index in [1.54, 1.807) is 19.2 Å². The van der Waals surface area contributed by atoms with Crippen molar-refractivity contribution in [1.29, 1.82) is 0 Å². The second-order valence-electron chi connectivity index (χ2n) is 15.2. The molecule has 274 valence electrons. The number of rotatable bonds is 7. The summed E-state index contributed by atoms with van der Waals surface area (Å²) in [5, 5.41) is 0.932. The molecule has 4 heterocycles. The molecule has 2 saturated carbocycles. The smallest absolute Gasteiger partial charge is 0.390 e. The number of carbonyl (C=O) groups excluding carboxylic acids is 2. The Kier molecular flexibility index (Phi) is 8.45. The van der Waals surface area contributed by atoms with Gasteiger partial charge in [0.15, 0.2) is 0 Å². The quantitative estimate of drug-likeness (QED) is 0.347. The largest absolute Gasteiger partial charge is 0.497 e. The van der Waals surface area contributed by atoms with Crippen LogP contribution in [0.1, 0.15) is 78.3 Å². The SMILES string of the molecule is COc1ccc2c(c1)C1CC1(C(=O)N1C3COCC1CN(C)C3)Cn1c-2c(C2CCCCC2)c2ccc(C(=O)NS(=O)(=O)CCC(F)(F)F)cc21. The van der Waals surface area contributed by atoms with Crippen LogP contribution in [0.15, 0.2) is 36.4 Å². The lowest BCUT2D eigenvalue weighted by Crippen LogP contribution is -2.66. The van der Waals surface area contributed by atoms with E-state index in [0.29, 0.717) is 37.4 Å². The Morgan fingerprint density at radius 1 is 1.04 bits per heavy atom. The van der Waals surface area contributed by atoms with E-state index in [-0.39, 0.29) is 35.4 Å². The summed E-state index contributed by atoms with van der Waals surface area (Å²) < 4.78 is 79.1. The van der Waals surface area contributed by atoms with Gasteiger partial charge >= 0.3 is 6.18 Å². The van der Waals surface area contributed by atoms with Crippen molar-refractivity contribution in [1.82, 2.24) is 19.1 Å². The predicted octanol–water partition coefficient (Wildman–Crippen LogP) is 5.41. The summed E-state index contributed by atoms with van der Waals surface area (Å²) in [6.07, 6.45) is -0.279. The van der Waals surface area contributed by atoms with Crippen LogP contribution in [0.2, 0.25) is 0 Å². The van der Waals surface area contributed by atoms with E-state index >= 15 is 4.79 Å². The van der Waals surface area contributed by atoms with Crippen molar-refractivity contribution in [3.05, 3.63) is 53.1 Å². The highest BCUT2D eigenvalue weighted by molar-refractivity contribution is 7.90. The monoisotopic (exact) mass is 728 g/mol. The first-order chi connectivity index (χ1) is 24.3. The van der Waals surface area contributed by atoms with Crippen LogP contribution in [0, 0.1) is 5.41 Å². The molecule has 2 saturated heterocycles. The zero-order chi connectivity index (χ0) is 35.9. The molecule has 2 aromatic carbocycles. The molecule has 51 heavy (non-hydrogen) atoms. The molecule has 2 aliphatic carbocycles. The van der Waals surface area contributed by atoms with Crippen molar-refractivity contribution in [2.75, 3.05) is 46.2 Å². The van der Waals surface area contributed by atoms with Crippen LogP contribution >= 0.6 is 0 Å². The summed E-state index contributed by atoms with van der Waals surface area (Å²) in [7, 11) is -0.843. The Hall–Kier alpha value is -3.62. The van der Waals surface area contributed by atoms with Gasteiger partial charge < -0.3 is 23.8 Å². The minimum atomic E-state index is -4.68. The van der Waals surface area contributed by atoms with Gasteiger partial charge in [-0.1, -0.05) is 25.3 Å². The number of carbonyl (C=O) groups is 2. The molecule has 1 N–H and O–H groups in total. The van der Waals surface area contributed by atoms with Crippen LogP contribution in [0.3, 0.4) is 0 Å². The lowest BCUT2D eigenvalue weighted by Gasteiger charge is -2.50. The average Bonchev–Trinajstić information content (AvgIpc) is 3.76. The van der Waals surface area contributed by atoms with E-state index in [1.807, 2.05) is 16.9 Å². The van der Waals surface area contributed by atoms with Crippen molar-refractivity contribution >= 4 is 32.7 Å². The van der Waals surface area contributed by atoms with Crippen molar-refractivity contribution in [3.63, 3.8) is 0 Å². The molecule has 8 rings (SSSR count). The Morgan fingerprint density at radius 3 is 2.45 bits per heavy atom. The number of morpholine rings is 1. The zero-order valence-corrected chi connectivity index (χ0v) is 29.6. The Labute approximate surface area is 295 Å². The van der Waals surface area contributed by atoms with Gasteiger partial charge in [-0.05, 0) is 73.7 Å². The van der Waals surface area contributed by atoms with Gasteiger partial charge in [-0.3, -0.25) is 9.59 Å². The van der Waals surface area contributed by atoms with Crippen molar-refractivity contribution < 1.29 is 40.7 Å². The van der Waals surface area contributed by atoms with Crippen LogP contribution in [-0.2, 0) is 26.1 Å². The van der Waals surface area contributed by atoms with Crippen molar-refractivity contribution in [3.8, 4) is 17.0 Å². The molecular weight excluding hydrogens is 685 g/mol. The fraction of sp³-hybridized carbons (Fsp3) is 0.568. The molecule has 2 amide bonds. The summed E-state index contributed by atoms with van der Waals surface area (Å²) in [5.74, 6) is -1.25. The van der Waals surface area contributed by atoms with E-state index in [2.05, 4.69) is 33.5 Å². The lowest BCUT2D eigenvalue weighted by atomic mass is 9.81. The molecular formula is C37H43F3N4O6S. The third-order valence-corrected chi connectivity index (χ3v) is 13.0. The topological polar surface area (TPSA) is 110 Å². The van der Waals surface area contributed by atoms with E-state index in [0.717, 1.165) is 73.0 Å². The lowest BCUT2D eigenvalue weighted by molar-refractivity contribution is -0.160. The van der Waals surface area contributed by atoms with E-state index < -0.39 is 39.7 Å². The number of alkyl halides is 3. The molecule has 3 aromatic rings. The number of piperazine rings is 1. The standard InChI is InChI=1S/C37H43F3N4O6S/c1-42-17-24-19-50-20-25(18-42)44(24)35(46)36-16-30(36)29-15-26(49-2)9-11-27(29)33-32(22-6-4-3-5-7-22)28-10-8-23(14-31(28)43(33)21-36)34(45)41-51(47,48)13-12-37(38,39)40/h8-11,14-15,22,24-25,30H,3-7,12-13,16-21H2,1-2H3,(H,41,45). The number of nitrogens with zero attached hydrogens (tertiary/aromatic N) is 3. The average molecular weight is 729 g/mol. The fourth-order valence-corrected chi connectivity index (χ4v) is 10.4. The molecule has 5 aliphatic rings. The molecule has 4 unspecified atom stereocenters. The fourth-order valence-electron chi connectivity index (χ4n) is 9.39. The number of sulfonamides is 1. The maximum Gasteiger partial charge on any atom is 0.390 e. The number of ether oxygens (including phenoxy) is 2. The van der Waals surface area contributed by atoms with Gasteiger partial charge in [-0.2, -0.15) is 13.2 Å². The molecule has 0 radical (unpaired) electrons. The van der Waals surface area contributed by atoms with E-state index in [1.165, 1.54) is 0 Å². The highest BCUT2D eigenvalue weighted by Crippen LogP contribution is 2.66. The molecule has 3 aliphatic heterocycles. The summed E-state index contributed by atoms with van der Waals surface area (Å²) in [4.78, 5) is 32.8. The van der Waals surface area contributed by atoms with Crippen LogP contribution in [0.5, 0.6) is 5.75 Å². The number of halogens is 3. The number of hydrogen-bond acceptors (Lipinski definition) is 7. The summed E-state index contributed by atoms with van der Waals surface area (Å²) in [6.45, 7) is 2.77. The third kappa shape index (κ3) is 6.10. The predicted molar refractivity (Wildman–Crippen MR) is 184 cm³/mol. The minimum absolute atomic E-state index is 0.0197. The van der Waals surface area contributed by atoms with Crippen molar-refractivity contribution in [2.24, 2.45) is 5.41 Å². The number of likely N-dealkylation sites (N-methyl/N-ethyl adjacent to an activating group) is 1. The van der Waals surface area contributed by atoms with Gasteiger partial charge in [0.2, 0.25) is 15.9 Å². The number of benzene rings is 2. The van der Waals surface area contributed by atoms with Gasteiger partial charge in [0.25, 0.3) is 5.91 Å². The number of fused-ring (bicyclic) bond motifs is 9. The molecule has 10 nitrogen and oxygen atoms in total. The van der Waals surface area contributed by atoms with Crippen LogP contribution in [0.4, 0.5) is 13.2 Å². The maximum atomic E-state index is 15.1. The normalized spacial score (nSPS) is 26.5. The second-order valence-corrected chi connectivity index (χ2v) is 17.0. The van der Waals surface area contributed by atoms with E-state index in [4.69, 9.17) is 9.47 Å². The second kappa shape index (κ2) is 12.5. The highest BCUT2D eigenvalue weighted by Gasteiger charge is 2.65. The van der Waals surface area contributed by atoms with Gasteiger partial charge in [0.05, 0.1) is 55.7 Å². The van der Waals surface area contributed by atoms with E-state index in [9.17, 15) is 26.4 Å². The minimum Gasteiger partial charge on any atom is -0.497 e. The van der Waals surface area contributed by atoms with Gasteiger partial charge in [-0.25, -0.2) is 13.1 Å². The van der Waals surface area contributed by atoms with Crippen LogP contribution in [-0.4, -0.2) is 99.1 Å². The molecule has 2 bridgehead atoms.